The van der Waals surface area contributed by atoms with E-state index in [-0.39, 0.29) is 0 Å². The first-order valence-electron chi connectivity index (χ1n) is 6.19. The third kappa shape index (κ3) is 7.99. The van der Waals surface area contributed by atoms with Gasteiger partial charge in [0, 0.05) is 0 Å². The Hall–Kier alpha value is -1.81. The molecule has 22 heteroatoms. The number of halogens is 16. The standard InChI is InChI=1S/C9H2F16O6/c10-1(3(11,12)2(26)27)4(13,14)28-5(15,16)6(17,18)29-8(22,23)31-9(24,25)30-7(19,20)21/h1H,(H,26,27). The van der Waals surface area contributed by atoms with E-state index in [1.165, 1.54) is 0 Å². The lowest BCUT2D eigenvalue weighted by Gasteiger charge is -2.33. The second kappa shape index (κ2) is 8.27. The monoisotopic (exact) mass is 510 g/mol. The van der Waals surface area contributed by atoms with Gasteiger partial charge in [0.2, 0.25) is 0 Å². The molecule has 0 fully saturated rings. The minimum atomic E-state index is -7.36. The highest BCUT2D eigenvalue weighted by Gasteiger charge is 2.73. The van der Waals surface area contributed by atoms with Crippen LogP contribution in [-0.2, 0) is 23.7 Å². The molecule has 6 nitrogen and oxygen atoms in total. The molecule has 0 rings (SSSR count). The first-order chi connectivity index (χ1) is 13.2. The number of hydrogen-bond donors (Lipinski definition) is 1. The first kappa shape index (κ1) is 29.2. The van der Waals surface area contributed by atoms with E-state index < -0.39 is 55.3 Å². The van der Waals surface area contributed by atoms with Crippen LogP contribution in [0, 0.1) is 0 Å². The van der Waals surface area contributed by atoms with Crippen LogP contribution < -0.4 is 0 Å². The molecular formula is C9H2F16O6. The molecule has 0 amide bonds. The lowest BCUT2D eigenvalue weighted by atomic mass is 10.2. The molecule has 0 aliphatic heterocycles. The molecule has 0 heterocycles. The van der Waals surface area contributed by atoms with Crippen LogP contribution in [0.5, 0.6) is 0 Å². The van der Waals surface area contributed by atoms with Gasteiger partial charge in [0.1, 0.15) is 0 Å². The van der Waals surface area contributed by atoms with Gasteiger partial charge in [-0.2, -0.15) is 39.9 Å². The number of aliphatic carboxylic acids is 1. The number of carboxylic acids is 1. The van der Waals surface area contributed by atoms with Crippen molar-refractivity contribution in [1.82, 2.24) is 0 Å². The first-order valence-corrected chi connectivity index (χ1v) is 6.19. The van der Waals surface area contributed by atoms with Crippen LogP contribution in [0.4, 0.5) is 70.2 Å². The predicted octanol–water partition coefficient (Wildman–Crippen LogP) is 4.51. The molecule has 0 bridgehead atoms. The lowest BCUT2D eigenvalue weighted by molar-refractivity contribution is -0.604. The molecule has 0 aromatic heterocycles. The van der Waals surface area contributed by atoms with Gasteiger partial charge in [0.25, 0.3) is 6.17 Å². The third-order valence-electron chi connectivity index (χ3n) is 2.22. The summed E-state index contributed by atoms with van der Waals surface area (Å²) < 4.78 is 207. The Morgan fingerprint density at radius 3 is 1.32 bits per heavy atom. The van der Waals surface area contributed by atoms with Gasteiger partial charge in [-0.1, -0.05) is 0 Å². The van der Waals surface area contributed by atoms with Crippen LogP contribution in [0.3, 0.4) is 0 Å². The maximum atomic E-state index is 13.0. The largest absolute Gasteiger partial charge is 0.529 e. The highest BCUT2D eigenvalue weighted by Crippen LogP contribution is 2.47. The molecule has 31 heavy (non-hydrogen) atoms. The van der Waals surface area contributed by atoms with Crippen molar-refractivity contribution in [2.45, 2.75) is 49.4 Å². The van der Waals surface area contributed by atoms with E-state index in [0.717, 1.165) is 0 Å². The normalized spacial score (nSPS) is 16.4. The van der Waals surface area contributed by atoms with Crippen molar-refractivity contribution in [1.29, 1.82) is 0 Å². The number of carboxylic acid groups (broad SMARTS) is 1. The van der Waals surface area contributed by atoms with E-state index in [9.17, 15) is 75.0 Å². The van der Waals surface area contributed by atoms with E-state index in [2.05, 4.69) is 0 Å². The van der Waals surface area contributed by atoms with Gasteiger partial charge in [0.05, 0.1) is 0 Å². The van der Waals surface area contributed by atoms with Gasteiger partial charge >= 0.3 is 49.2 Å². The second-order valence-electron chi connectivity index (χ2n) is 4.67. The summed E-state index contributed by atoms with van der Waals surface area (Å²) in [7, 11) is 0. The van der Waals surface area contributed by atoms with Crippen LogP contribution in [0.1, 0.15) is 0 Å². The highest BCUT2D eigenvalue weighted by molar-refractivity contribution is 5.76. The van der Waals surface area contributed by atoms with Crippen LogP contribution in [0.15, 0.2) is 0 Å². The minimum absolute atomic E-state index is 1.55. The molecule has 0 aromatic carbocycles. The van der Waals surface area contributed by atoms with Gasteiger partial charge < -0.3 is 5.11 Å². The summed E-state index contributed by atoms with van der Waals surface area (Å²) in [6.45, 7) is 0. The average molecular weight is 510 g/mol. The molecule has 1 N–H and O–H groups in total. The Kier molecular flexibility index (Phi) is 7.79. The number of ether oxygens (including phenoxy) is 4. The molecular weight excluding hydrogens is 508 g/mol. The van der Waals surface area contributed by atoms with Crippen molar-refractivity contribution in [3.05, 3.63) is 0 Å². The molecule has 0 radical (unpaired) electrons. The zero-order chi connectivity index (χ0) is 25.5. The van der Waals surface area contributed by atoms with Gasteiger partial charge in [-0.3, -0.25) is 0 Å². The van der Waals surface area contributed by atoms with Gasteiger partial charge in [-0.15, -0.1) is 30.7 Å². The van der Waals surface area contributed by atoms with Crippen molar-refractivity contribution in [2.24, 2.45) is 0 Å². The zero-order valence-electron chi connectivity index (χ0n) is 13.1. The summed E-state index contributed by atoms with van der Waals surface area (Å²) in [5.74, 6) is -10.1. The fourth-order valence-corrected chi connectivity index (χ4v) is 1.12. The van der Waals surface area contributed by atoms with E-state index in [4.69, 9.17) is 5.11 Å². The predicted molar refractivity (Wildman–Crippen MR) is 52.6 cm³/mol. The summed E-state index contributed by atoms with van der Waals surface area (Å²) in [5, 5.41) is 7.76. The fourth-order valence-electron chi connectivity index (χ4n) is 1.12. The van der Waals surface area contributed by atoms with Crippen LogP contribution in [0.25, 0.3) is 0 Å². The number of hydrogen-bond acceptors (Lipinski definition) is 5. The SMILES string of the molecule is O=C(O)C(F)(F)C(F)C(F)(F)OC(F)(F)C(F)(F)OC(F)(F)OC(F)(F)OC(F)(F)F. The average Bonchev–Trinajstić information content (AvgIpc) is 2.38. The molecule has 0 spiro atoms. The van der Waals surface area contributed by atoms with Crippen molar-refractivity contribution >= 4 is 5.97 Å². The minimum Gasteiger partial charge on any atom is -0.477 e. The van der Waals surface area contributed by atoms with E-state index in [0.29, 0.717) is 0 Å². The van der Waals surface area contributed by atoms with E-state index in [1.807, 2.05) is 0 Å². The quantitative estimate of drug-likeness (QED) is 0.326. The second-order valence-corrected chi connectivity index (χ2v) is 4.67. The smallest absolute Gasteiger partial charge is 0.477 e. The van der Waals surface area contributed by atoms with Gasteiger partial charge in [-0.25, -0.2) is 23.4 Å². The maximum Gasteiger partial charge on any atom is 0.529 e. The summed E-state index contributed by atoms with van der Waals surface area (Å²) in [4.78, 5) is 9.87. The molecule has 1 atom stereocenters. The molecule has 0 aliphatic carbocycles. The maximum absolute atomic E-state index is 13.0. The van der Waals surface area contributed by atoms with E-state index in [1.54, 1.807) is 18.9 Å². The summed E-state index contributed by atoms with van der Waals surface area (Å²) in [6.07, 6.45) is -47.3. The van der Waals surface area contributed by atoms with Crippen molar-refractivity contribution in [3.63, 3.8) is 0 Å². The highest BCUT2D eigenvalue weighted by atomic mass is 19.4. The Bertz CT molecular complexity index is 644. The van der Waals surface area contributed by atoms with Gasteiger partial charge in [-0.05, 0) is 0 Å². The van der Waals surface area contributed by atoms with Crippen molar-refractivity contribution < 1.29 is 99.1 Å². The van der Waals surface area contributed by atoms with E-state index >= 15 is 0 Å². The number of alkyl halides is 16. The Labute approximate surface area is 156 Å². The number of carbonyl (C=O) groups is 1. The summed E-state index contributed by atoms with van der Waals surface area (Å²) >= 11 is 0. The molecule has 1 unspecified atom stereocenters. The summed E-state index contributed by atoms with van der Waals surface area (Å²) in [6, 6.07) is 0. The van der Waals surface area contributed by atoms with Crippen molar-refractivity contribution in [3.8, 4) is 0 Å². The van der Waals surface area contributed by atoms with Crippen molar-refractivity contribution in [2.75, 3.05) is 0 Å². The number of rotatable bonds is 11. The van der Waals surface area contributed by atoms with Crippen LogP contribution in [0.2, 0.25) is 0 Å². The Morgan fingerprint density at radius 2 is 0.968 bits per heavy atom. The lowest BCUT2D eigenvalue weighted by Crippen LogP contribution is -2.58. The Balaban J connectivity index is 5.63. The fraction of sp³-hybridized carbons (Fsp3) is 0.889. The summed E-state index contributed by atoms with van der Waals surface area (Å²) in [5.41, 5.74) is 0. The van der Waals surface area contributed by atoms with Crippen LogP contribution in [-0.4, -0.2) is 60.4 Å². The third-order valence-corrected chi connectivity index (χ3v) is 2.22. The zero-order valence-corrected chi connectivity index (χ0v) is 13.1. The molecule has 0 saturated carbocycles. The Morgan fingerprint density at radius 1 is 0.613 bits per heavy atom. The molecule has 0 aromatic rings. The topological polar surface area (TPSA) is 74.2 Å². The van der Waals surface area contributed by atoms with Gasteiger partial charge in [0.15, 0.2) is 0 Å². The van der Waals surface area contributed by atoms with Crippen LogP contribution >= 0.6 is 0 Å². The molecule has 186 valence electrons. The molecule has 0 saturated heterocycles. The molecule has 0 aliphatic rings.